The van der Waals surface area contributed by atoms with Crippen LogP contribution in [0.25, 0.3) is 0 Å². The normalized spacial score (nSPS) is 23.4. The molecule has 0 aromatic heterocycles. The number of benzene rings is 1. The number of nitrogens with zero attached hydrogens (tertiary/aromatic N) is 1. The maximum atomic E-state index is 12.1. The van der Waals surface area contributed by atoms with E-state index in [-0.39, 0.29) is 12.1 Å². The third-order valence-corrected chi connectivity index (χ3v) is 3.24. The fourth-order valence-electron chi connectivity index (χ4n) is 2.45. The van der Waals surface area contributed by atoms with Crippen LogP contribution in [0.1, 0.15) is 28.8 Å². The molecular weight excluding hydrogens is 188 g/mol. The van der Waals surface area contributed by atoms with Crippen molar-refractivity contribution in [3.63, 3.8) is 0 Å². The summed E-state index contributed by atoms with van der Waals surface area (Å²) in [5.41, 5.74) is 2.96. The van der Waals surface area contributed by atoms with Crippen LogP contribution in [0.2, 0.25) is 0 Å². The van der Waals surface area contributed by atoms with E-state index in [9.17, 15) is 4.79 Å². The monoisotopic (exact) mass is 202 g/mol. The van der Waals surface area contributed by atoms with Crippen LogP contribution >= 0.6 is 0 Å². The average molecular weight is 202 g/mol. The average Bonchev–Trinajstić information content (AvgIpc) is 2.68. The number of carbonyl (C=O) groups is 1. The number of amides is 1. The summed E-state index contributed by atoms with van der Waals surface area (Å²) in [5, 5.41) is 3.42. The second-order valence-electron chi connectivity index (χ2n) is 4.35. The molecule has 1 unspecified atom stereocenters. The summed E-state index contributed by atoms with van der Waals surface area (Å²) < 4.78 is 0. The lowest BCUT2D eigenvalue weighted by molar-refractivity contribution is 0.0740. The summed E-state index contributed by atoms with van der Waals surface area (Å²) in [7, 11) is 0. The van der Waals surface area contributed by atoms with Crippen LogP contribution in [-0.4, -0.2) is 23.5 Å². The van der Waals surface area contributed by atoms with Gasteiger partial charge in [0, 0.05) is 12.2 Å². The summed E-state index contributed by atoms with van der Waals surface area (Å²) in [6.45, 7) is 2.91. The lowest BCUT2D eigenvalue weighted by Crippen LogP contribution is -2.44. The molecule has 0 bridgehead atoms. The number of anilines is 1. The highest BCUT2D eigenvalue weighted by Gasteiger charge is 2.34. The Bertz CT molecular complexity index is 428. The fraction of sp³-hybridized carbons (Fsp3) is 0.417. The molecule has 1 N–H and O–H groups in total. The molecule has 1 atom stereocenters. The van der Waals surface area contributed by atoms with E-state index in [1.165, 1.54) is 0 Å². The Kier molecular flexibility index (Phi) is 1.75. The number of hydrogen-bond donors (Lipinski definition) is 1. The minimum atomic E-state index is 0.190. The quantitative estimate of drug-likeness (QED) is 0.697. The molecule has 15 heavy (non-hydrogen) atoms. The molecule has 1 aromatic rings. The summed E-state index contributed by atoms with van der Waals surface area (Å²) in [4.78, 5) is 14.1. The van der Waals surface area contributed by atoms with Gasteiger partial charge in [0.25, 0.3) is 5.91 Å². The van der Waals surface area contributed by atoms with Crippen LogP contribution < -0.4 is 5.32 Å². The maximum absolute atomic E-state index is 12.1. The van der Waals surface area contributed by atoms with E-state index in [0.717, 1.165) is 36.2 Å². The zero-order valence-corrected chi connectivity index (χ0v) is 8.79. The molecule has 3 nitrogen and oxygen atoms in total. The molecule has 3 heteroatoms. The minimum absolute atomic E-state index is 0.190. The highest BCUT2D eigenvalue weighted by atomic mass is 16.2. The van der Waals surface area contributed by atoms with Gasteiger partial charge in [-0.25, -0.2) is 0 Å². The van der Waals surface area contributed by atoms with Gasteiger partial charge >= 0.3 is 0 Å². The lowest BCUT2D eigenvalue weighted by Gasteiger charge is -2.32. The van der Waals surface area contributed by atoms with E-state index in [0.29, 0.717) is 0 Å². The molecule has 1 saturated heterocycles. The highest BCUT2D eigenvalue weighted by Crippen LogP contribution is 2.30. The van der Waals surface area contributed by atoms with Crippen molar-refractivity contribution in [2.24, 2.45) is 0 Å². The molecule has 1 amide bonds. The summed E-state index contributed by atoms with van der Waals surface area (Å²) in [6.07, 6.45) is 2.41. The van der Waals surface area contributed by atoms with Gasteiger partial charge in [-0.1, -0.05) is 11.6 Å². The van der Waals surface area contributed by atoms with Crippen LogP contribution in [-0.2, 0) is 0 Å². The molecular formula is C12H14N2O. The van der Waals surface area contributed by atoms with E-state index in [1.807, 2.05) is 30.0 Å². The molecule has 0 radical (unpaired) electrons. The summed E-state index contributed by atoms with van der Waals surface area (Å²) in [5.74, 6) is 0.190. The first-order valence-corrected chi connectivity index (χ1v) is 5.44. The highest BCUT2D eigenvalue weighted by molar-refractivity contribution is 6.02. The van der Waals surface area contributed by atoms with Crippen molar-refractivity contribution in [2.75, 3.05) is 11.9 Å². The molecule has 2 aliphatic rings. The first-order chi connectivity index (χ1) is 7.25. The largest absolute Gasteiger partial charge is 0.364 e. The summed E-state index contributed by atoms with van der Waals surface area (Å²) >= 11 is 0. The first kappa shape index (κ1) is 8.77. The third kappa shape index (κ3) is 1.23. The predicted octanol–water partition coefficient (Wildman–Crippen LogP) is 1.98. The van der Waals surface area contributed by atoms with Crippen molar-refractivity contribution in [3.05, 3.63) is 29.3 Å². The zero-order chi connectivity index (χ0) is 10.4. The van der Waals surface area contributed by atoms with E-state index >= 15 is 0 Å². The number of aryl methyl sites for hydroxylation is 1. The third-order valence-electron chi connectivity index (χ3n) is 3.24. The number of rotatable bonds is 0. The van der Waals surface area contributed by atoms with Crippen LogP contribution in [0.3, 0.4) is 0 Å². The van der Waals surface area contributed by atoms with Gasteiger partial charge in [0.15, 0.2) is 0 Å². The number of hydrogen-bond acceptors (Lipinski definition) is 2. The van der Waals surface area contributed by atoms with Gasteiger partial charge in [-0.05, 0) is 31.9 Å². The predicted molar refractivity (Wildman–Crippen MR) is 58.9 cm³/mol. The van der Waals surface area contributed by atoms with Crippen LogP contribution in [0.15, 0.2) is 18.2 Å². The smallest absolute Gasteiger partial charge is 0.257 e. The van der Waals surface area contributed by atoms with Gasteiger partial charge in [0.05, 0.1) is 5.56 Å². The second-order valence-corrected chi connectivity index (χ2v) is 4.35. The molecule has 1 aromatic carbocycles. The molecule has 0 saturated carbocycles. The van der Waals surface area contributed by atoms with Crippen LogP contribution in [0.4, 0.5) is 5.69 Å². The van der Waals surface area contributed by atoms with E-state index < -0.39 is 0 Å². The van der Waals surface area contributed by atoms with Crippen molar-refractivity contribution in [1.82, 2.24) is 4.90 Å². The van der Waals surface area contributed by atoms with Crippen LogP contribution in [0.5, 0.6) is 0 Å². The SMILES string of the molecule is Cc1ccc2c(c1)C(=O)N1CCCC1N2. The Morgan fingerprint density at radius 3 is 3.20 bits per heavy atom. The minimum Gasteiger partial charge on any atom is -0.364 e. The van der Waals surface area contributed by atoms with Crippen molar-refractivity contribution < 1.29 is 4.79 Å². The van der Waals surface area contributed by atoms with Crippen molar-refractivity contribution in [2.45, 2.75) is 25.9 Å². The molecule has 78 valence electrons. The fourth-order valence-corrected chi connectivity index (χ4v) is 2.45. The number of carbonyl (C=O) groups excluding carboxylic acids is 1. The second kappa shape index (κ2) is 2.99. The van der Waals surface area contributed by atoms with E-state index in [4.69, 9.17) is 0 Å². The first-order valence-electron chi connectivity index (χ1n) is 5.44. The van der Waals surface area contributed by atoms with Gasteiger partial charge in [0.1, 0.15) is 6.17 Å². The van der Waals surface area contributed by atoms with Gasteiger partial charge in [-0.15, -0.1) is 0 Å². The maximum Gasteiger partial charge on any atom is 0.257 e. The Morgan fingerprint density at radius 1 is 1.47 bits per heavy atom. The van der Waals surface area contributed by atoms with Gasteiger partial charge in [-0.2, -0.15) is 0 Å². The van der Waals surface area contributed by atoms with Crippen molar-refractivity contribution >= 4 is 11.6 Å². The zero-order valence-electron chi connectivity index (χ0n) is 8.79. The van der Waals surface area contributed by atoms with Gasteiger partial charge < -0.3 is 10.2 Å². The Labute approximate surface area is 89.1 Å². The van der Waals surface area contributed by atoms with Crippen molar-refractivity contribution in [3.8, 4) is 0 Å². The molecule has 0 spiro atoms. The van der Waals surface area contributed by atoms with E-state index in [1.54, 1.807) is 0 Å². The standard InChI is InChI=1S/C12H14N2O/c1-8-4-5-10-9(7-8)12(15)14-6-2-3-11(14)13-10/h4-5,7,11,13H,2-3,6H2,1H3. The number of fused-ring (bicyclic) bond motifs is 2. The number of nitrogens with one attached hydrogen (secondary N) is 1. The van der Waals surface area contributed by atoms with Gasteiger partial charge in [-0.3, -0.25) is 4.79 Å². The topological polar surface area (TPSA) is 32.3 Å². The molecule has 1 fully saturated rings. The molecule has 0 aliphatic carbocycles. The Balaban J connectivity index is 2.09. The van der Waals surface area contributed by atoms with Crippen molar-refractivity contribution in [1.29, 1.82) is 0 Å². The van der Waals surface area contributed by atoms with Crippen LogP contribution in [0, 0.1) is 6.92 Å². The Morgan fingerprint density at radius 2 is 2.33 bits per heavy atom. The van der Waals surface area contributed by atoms with E-state index in [2.05, 4.69) is 5.32 Å². The Hall–Kier alpha value is -1.51. The molecule has 2 aliphatic heterocycles. The summed E-state index contributed by atoms with van der Waals surface area (Å²) in [6, 6.07) is 6.03. The lowest BCUT2D eigenvalue weighted by atomic mass is 10.1. The molecule has 3 rings (SSSR count). The molecule has 2 heterocycles. The van der Waals surface area contributed by atoms with Gasteiger partial charge in [0.2, 0.25) is 0 Å².